The Morgan fingerprint density at radius 3 is 2.02 bits per heavy atom. The van der Waals surface area contributed by atoms with E-state index in [4.69, 9.17) is 31.3 Å². The summed E-state index contributed by atoms with van der Waals surface area (Å²) in [6.07, 6.45) is -1.96. The number of thiol groups is 1. The molecule has 0 spiro atoms. The van der Waals surface area contributed by atoms with Gasteiger partial charge in [-0.1, -0.05) is 141 Å². The number of aryl methyl sites for hydroxylation is 1. The van der Waals surface area contributed by atoms with Crippen molar-refractivity contribution in [2.45, 2.75) is 69.1 Å². The second kappa shape index (κ2) is 15.2. The van der Waals surface area contributed by atoms with Gasteiger partial charge in [-0.15, -0.1) is 12.6 Å². The van der Waals surface area contributed by atoms with E-state index in [1.165, 1.54) is 10.4 Å². The maximum atomic E-state index is 9.62. The van der Waals surface area contributed by atoms with Crippen LogP contribution in [0.1, 0.15) is 31.9 Å². The maximum absolute atomic E-state index is 9.62. The second-order valence-corrected chi connectivity index (χ2v) is 18.4. The van der Waals surface area contributed by atoms with Crippen molar-refractivity contribution in [1.82, 2.24) is 0 Å². The van der Waals surface area contributed by atoms with E-state index in [1.54, 1.807) is 0 Å². The average molecular weight is 690 g/mol. The van der Waals surface area contributed by atoms with Gasteiger partial charge in [0.25, 0.3) is 8.32 Å². The number of hydrogen-bond donors (Lipinski definition) is 1. The largest absolute Gasteiger partial charge is 0.487 e. The molecule has 0 amide bonds. The van der Waals surface area contributed by atoms with Crippen LogP contribution in [0.2, 0.25) is 5.04 Å². The van der Waals surface area contributed by atoms with Crippen molar-refractivity contribution in [1.29, 1.82) is 0 Å². The third-order valence-electron chi connectivity index (χ3n) is 9.25. The lowest BCUT2D eigenvalue weighted by molar-refractivity contribution is -0.181. The molecule has 1 saturated heterocycles. The van der Waals surface area contributed by atoms with Crippen molar-refractivity contribution in [2.75, 3.05) is 6.61 Å². The first-order valence-corrected chi connectivity index (χ1v) is 19.1. The molecule has 0 aromatic heterocycles. The van der Waals surface area contributed by atoms with E-state index in [2.05, 4.69) is 110 Å². The van der Waals surface area contributed by atoms with Crippen molar-refractivity contribution in [3.63, 3.8) is 0 Å². The fraction of sp³-hybridized carbons (Fsp3) is 0.300. The molecule has 1 heterocycles. The van der Waals surface area contributed by atoms with Crippen LogP contribution in [0.4, 0.5) is 0 Å². The molecule has 5 aromatic rings. The van der Waals surface area contributed by atoms with Crippen LogP contribution < -0.4 is 15.1 Å². The molecular weight excluding hydrogens is 647 g/mol. The number of hydrogen-bond acceptors (Lipinski definition) is 6. The lowest BCUT2D eigenvalue weighted by atomic mass is 9.97. The predicted octanol–water partition coefficient (Wildman–Crippen LogP) is 8.39. The minimum absolute atomic E-state index is 0.212. The maximum Gasteiger partial charge on any atom is 0.261 e. The van der Waals surface area contributed by atoms with E-state index in [0.29, 0.717) is 12.4 Å². The Morgan fingerprint density at radius 1 is 0.796 bits per heavy atom. The SMILES string of the molecule is Cc1ccc(O[C@@H]2[C@H](N=[N+]=[N-])[C@H](S)O[C@H](CO[Si](c3ccccc3)(c3ccccc3)C(C)(C)C)[C@H]2OCc2ccc3ccccc3c2)cc1. The molecular formula is C40H43N3O4SSi. The minimum Gasteiger partial charge on any atom is -0.487 e. The van der Waals surface area contributed by atoms with E-state index in [0.717, 1.165) is 21.9 Å². The smallest absolute Gasteiger partial charge is 0.261 e. The molecule has 49 heavy (non-hydrogen) atoms. The molecule has 0 aliphatic carbocycles. The quantitative estimate of drug-likeness (QED) is 0.0497. The lowest BCUT2D eigenvalue weighted by Gasteiger charge is -2.47. The number of azide groups is 1. The molecule has 252 valence electrons. The molecule has 0 saturated carbocycles. The van der Waals surface area contributed by atoms with Crippen LogP contribution in [0.5, 0.6) is 5.75 Å². The van der Waals surface area contributed by atoms with Crippen LogP contribution in [0.3, 0.4) is 0 Å². The van der Waals surface area contributed by atoms with Crippen LogP contribution in [0, 0.1) is 6.92 Å². The highest BCUT2D eigenvalue weighted by atomic mass is 32.1. The zero-order chi connectivity index (χ0) is 34.4. The van der Waals surface area contributed by atoms with Gasteiger partial charge < -0.3 is 18.6 Å². The molecule has 0 N–H and O–H groups in total. The number of fused-ring (bicyclic) bond motifs is 1. The van der Waals surface area contributed by atoms with Crippen molar-refractivity contribution >= 4 is 42.1 Å². The normalized spacial score (nSPS) is 21.2. The molecule has 1 aliphatic heterocycles. The van der Waals surface area contributed by atoms with Gasteiger partial charge in [-0.2, -0.15) is 0 Å². The Kier molecular flexibility index (Phi) is 10.8. The third kappa shape index (κ3) is 7.58. The van der Waals surface area contributed by atoms with Gasteiger partial charge in [0.1, 0.15) is 35.5 Å². The minimum atomic E-state index is -2.92. The molecule has 0 bridgehead atoms. The summed E-state index contributed by atoms with van der Waals surface area (Å²) in [6, 6.07) is 42.6. The fourth-order valence-electron chi connectivity index (χ4n) is 6.82. The molecule has 6 rings (SSSR count). The number of rotatable bonds is 11. The number of nitrogens with zero attached hydrogens (tertiary/aromatic N) is 3. The summed E-state index contributed by atoms with van der Waals surface area (Å²) in [5.41, 5.74) is 11.0. The van der Waals surface area contributed by atoms with Gasteiger partial charge in [-0.3, -0.25) is 0 Å². The van der Waals surface area contributed by atoms with Crippen LogP contribution in [0.15, 0.2) is 133 Å². The summed E-state index contributed by atoms with van der Waals surface area (Å²) in [5, 5.41) is 8.51. The van der Waals surface area contributed by atoms with Gasteiger partial charge in [-0.25, -0.2) is 0 Å². The first kappa shape index (κ1) is 34.8. The molecule has 7 nitrogen and oxygen atoms in total. The first-order valence-electron chi connectivity index (χ1n) is 16.6. The number of ether oxygens (including phenoxy) is 3. The molecule has 5 atom stereocenters. The van der Waals surface area contributed by atoms with E-state index < -0.39 is 38.1 Å². The molecule has 0 unspecified atom stereocenters. The Bertz CT molecular complexity index is 1840. The summed E-state index contributed by atoms with van der Waals surface area (Å²) >= 11 is 4.81. The van der Waals surface area contributed by atoms with Crippen LogP contribution in [-0.2, 0) is 20.5 Å². The molecule has 1 fully saturated rings. The highest BCUT2D eigenvalue weighted by Gasteiger charge is 2.53. The highest BCUT2D eigenvalue weighted by Crippen LogP contribution is 2.38. The predicted molar refractivity (Wildman–Crippen MR) is 202 cm³/mol. The Balaban J connectivity index is 1.39. The molecule has 9 heteroatoms. The topological polar surface area (TPSA) is 85.7 Å². The summed E-state index contributed by atoms with van der Waals surface area (Å²) in [5.74, 6) is 0.641. The van der Waals surface area contributed by atoms with Gasteiger partial charge in [0.05, 0.1) is 13.2 Å². The Labute approximate surface area is 295 Å². The summed E-state index contributed by atoms with van der Waals surface area (Å²) in [7, 11) is -2.92. The zero-order valence-corrected chi connectivity index (χ0v) is 30.2. The second-order valence-electron chi connectivity index (χ2n) is 13.6. The van der Waals surface area contributed by atoms with Gasteiger partial charge in [0.15, 0.2) is 0 Å². The summed E-state index contributed by atoms with van der Waals surface area (Å²) in [6.45, 7) is 9.27. The Morgan fingerprint density at radius 2 is 1.41 bits per heavy atom. The van der Waals surface area contributed by atoms with Gasteiger partial charge in [0, 0.05) is 4.91 Å². The van der Waals surface area contributed by atoms with Crippen LogP contribution in [0.25, 0.3) is 21.2 Å². The van der Waals surface area contributed by atoms with Gasteiger partial charge in [-0.05, 0) is 62.4 Å². The van der Waals surface area contributed by atoms with Crippen molar-refractivity contribution < 1.29 is 18.6 Å². The van der Waals surface area contributed by atoms with E-state index in [-0.39, 0.29) is 11.6 Å². The van der Waals surface area contributed by atoms with E-state index in [9.17, 15) is 5.53 Å². The van der Waals surface area contributed by atoms with E-state index >= 15 is 0 Å². The van der Waals surface area contributed by atoms with Gasteiger partial charge >= 0.3 is 0 Å². The Hall–Kier alpha value is -4.08. The molecule has 5 aromatic carbocycles. The van der Waals surface area contributed by atoms with Crippen LogP contribution in [-0.4, -0.2) is 44.7 Å². The van der Waals surface area contributed by atoms with Crippen molar-refractivity contribution in [2.24, 2.45) is 5.11 Å². The van der Waals surface area contributed by atoms with E-state index in [1.807, 2.05) is 55.5 Å². The molecule has 0 radical (unpaired) electrons. The highest BCUT2D eigenvalue weighted by molar-refractivity contribution is 7.80. The van der Waals surface area contributed by atoms with Crippen molar-refractivity contribution in [3.05, 3.63) is 149 Å². The fourth-order valence-corrected chi connectivity index (χ4v) is 11.8. The summed E-state index contributed by atoms with van der Waals surface area (Å²) < 4.78 is 27.4. The van der Waals surface area contributed by atoms with Crippen LogP contribution >= 0.6 is 12.6 Å². The number of benzene rings is 5. The lowest BCUT2D eigenvalue weighted by Crippen LogP contribution is -2.68. The molecule has 1 aliphatic rings. The van der Waals surface area contributed by atoms with Crippen molar-refractivity contribution in [3.8, 4) is 5.75 Å². The zero-order valence-electron chi connectivity index (χ0n) is 28.3. The monoisotopic (exact) mass is 689 g/mol. The third-order valence-corrected chi connectivity index (χ3v) is 14.7. The summed E-state index contributed by atoms with van der Waals surface area (Å²) in [4.78, 5) is 3.16. The standard InChI is InChI=1S/C40H43N3O4SSi/c1-28-19-23-32(24-20-28)46-38-36(42-43-41)39(48)47-35(37(38)44-26-29-21-22-30-13-11-12-14-31(30)25-29)27-45-49(40(2,3)4,33-15-7-5-8-16-33)34-17-9-6-10-18-34/h5-25,35-39,48H,26-27H2,1-4H3/t35-,36+,37-,38-,39+/m1/s1. The van der Waals surface area contributed by atoms with Gasteiger partial charge in [0.2, 0.25) is 0 Å². The first-order chi connectivity index (χ1) is 23.7. The average Bonchev–Trinajstić information content (AvgIpc) is 3.11.